The van der Waals surface area contributed by atoms with Gasteiger partial charge in [-0.3, -0.25) is 4.79 Å². The molecule has 0 saturated heterocycles. The van der Waals surface area contributed by atoms with Crippen molar-refractivity contribution in [3.63, 3.8) is 0 Å². The third-order valence-electron chi connectivity index (χ3n) is 4.15. The summed E-state index contributed by atoms with van der Waals surface area (Å²) in [5, 5.41) is 14.9. The van der Waals surface area contributed by atoms with Crippen molar-refractivity contribution >= 4 is 39.8 Å². The van der Waals surface area contributed by atoms with Crippen molar-refractivity contribution in [3.8, 4) is 11.5 Å². The van der Waals surface area contributed by atoms with Gasteiger partial charge >= 0.3 is 0 Å². The van der Waals surface area contributed by atoms with Crippen molar-refractivity contribution in [1.82, 2.24) is 10.2 Å². The van der Waals surface area contributed by atoms with Crippen LogP contribution in [0.5, 0.6) is 11.5 Å². The van der Waals surface area contributed by atoms with Crippen LogP contribution in [0.1, 0.15) is 12.5 Å². The van der Waals surface area contributed by atoms with Gasteiger partial charge < -0.3 is 20.1 Å². The molecule has 0 unspecified atom stereocenters. The summed E-state index contributed by atoms with van der Waals surface area (Å²) >= 11 is 2.82. The van der Waals surface area contributed by atoms with Gasteiger partial charge in [0.05, 0.1) is 5.25 Å². The van der Waals surface area contributed by atoms with Crippen LogP contribution >= 0.6 is 23.1 Å². The fourth-order valence-corrected chi connectivity index (χ4v) is 4.56. The van der Waals surface area contributed by atoms with Gasteiger partial charge in [0, 0.05) is 18.3 Å². The van der Waals surface area contributed by atoms with E-state index in [1.165, 1.54) is 28.7 Å². The first-order valence-corrected chi connectivity index (χ1v) is 10.9. The van der Waals surface area contributed by atoms with E-state index >= 15 is 0 Å². The van der Waals surface area contributed by atoms with E-state index in [1.54, 1.807) is 18.2 Å². The zero-order chi connectivity index (χ0) is 20.1. The zero-order valence-electron chi connectivity index (χ0n) is 15.8. The summed E-state index contributed by atoms with van der Waals surface area (Å²) in [4.78, 5) is 12.5. The van der Waals surface area contributed by atoms with Crippen molar-refractivity contribution in [2.75, 3.05) is 23.8 Å². The number of nitrogens with zero attached hydrogens (tertiary/aromatic N) is 2. The van der Waals surface area contributed by atoms with Crippen LogP contribution in [0.4, 0.5) is 10.8 Å². The van der Waals surface area contributed by atoms with Crippen LogP contribution in [-0.2, 0) is 11.3 Å². The van der Waals surface area contributed by atoms with Crippen LogP contribution in [0, 0.1) is 0 Å². The van der Waals surface area contributed by atoms with Gasteiger partial charge in [0.15, 0.2) is 15.8 Å². The molecule has 150 valence electrons. The fraction of sp³-hybridized carbons (Fsp3) is 0.250. The molecular formula is C20H20N4O3S2. The maximum atomic E-state index is 12.5. The molecule has 7 nitrogen and oxygen atoms in total. The van der Waals surface area contributed by atoms with Crippen LogP contribution in [0.3, 0.4) is 0 Å². The van der Waals surface area contributed by atoms with Gasteiger partial charge in [-0.2, -0.15) is 0 Å². The Bertz CT molecular complexity index is 981. The molecule has 0 fully saturated rings. The Kier molecular flexibility index (Phi) is 6.16. The van der Waals surface area contributed by atoms with Crippen LogP contribution < -0.4 is 20.1 Å². The molecule has 0 saturated carbocycles. The number of carbonyl (C=O) groups excluding carboxylic acids is 1. The first kappa shape index (κ1) is 19.5. The number of benzene rings is 2. The van der Waals surface area contributed by atoms with Gasteiger partial charge in [-0.1, -0.05) is 53.4 Å². The van der Waals surface area contributed by atoms with Crippen molar-refractivity contribution in [2.24, 2.45) is 0 Å². The number of fused-ring (bicyclic) bond motifs is 1. The number of ether oxygens (including phenoxy) is 2. The Balaban J connectivity index is 1.30. The van der Waals surface area contributed by atoms with Crippen molar-refractivity contribution in [2.45, 2.75) is 23.1 Å². The maximum absolute atomic E-state index is 12.5. The van der Waals surface area contributed by atoms with Crippen molar-refractivity contribution < 1.29 is 14.3 Å². The lowest BCUT2D eigenvalue weighted by Gasteiger charge is -2.19. The monoisotopic (exact) mass is 428 g/mol. The quantitative estimate of drug-likeness (QED) is 0.549. The molecular weight excluding hydrogens is 408 g/mol. The zero-order valence-corrected chi connectivity index (χ0v) is 17.4. The van der Waals surface area contributed by atoms with E-state index in [-0.39, 0.29) is 11.2 Å². The molecule has 0 radical (unpaired) electrons. The average Bonchev–Trinajstić information content (AvgIpc) is 3.20. The van der Waals surface area contributed by atoms with Gasteiger partial charge in [-0.05, 0) is 24.6 Å². The molecule has 2 N–H and O–H groups in total. The summed E-state index contributed by atoms with van der Waals surface area (Å²) in [6.45, 7) is 3.57. The third-order valence-corrected chi connectivity index (χ3v) is 6.21. The predicted molar refractivity (Wildman–Crippen MR) is 115 cm³/mol. The van der Waals surface area contributed by atoms with E-state index in [9.17, 15) is 4.79 Å². The Morgan fingerprint density at radius 2 is 1.93 bits per heavy atom. The number of hydrogen-bond acceptors (Lipinski definition) is 8. The standard InChI is InChI=1S/C20H20N4O3S2/c1-13(18(25)22-15-7-8-16-17(11-15)27-10-9-26-16)28-20-24-23-19(29-20)21-12-14-5-3-2-4-6-14/h2-8,11,13H,9-10,12H2,1H3,(H,21,23)(H,22,25)/t13-/m1/s1. The summed E-state index contributed by atoms with van der Waals surface area (Å²) in [6, 6.07) is 15.5. The molecule has 2 aromatic carbocycles. The molecule has 1 amide bonds. The van der Waals surface area contributed by atoms with Gasteiger partial charge in [0.25, 0.3) is 0 Å². The summed E-state index contributed by atoms with van der Waals surface area (Å²) in [6.07, 6.45) is 0. The number of hydrogen-bond donors (Lipinski definition) is 2. The van der Waals surface area contributed by atoms with Gasteiger partial charge in [-0.15, -0.1) is 10.2 Å². The van der Waals surface area contributed by atoms with Crippen LogP contribution in [0.2, 0.25) is 0 Å². The van der Waals surface area contributed by atoms with Crippen molar-refractivity contribution in [3.05, 3.63) is 54.1 Å². The molecule has 1 atom stereocenters. The second kappa shape index (κ2) is 9.15. The second-order valence-corrected chi connectivity index (χ2v) is 8.89. The normalized spacial score (nSPS) is 13.6. The fourth-order valence-electron chi connectivity index (χ4n) is 2.67. The van der Waals surface area contributed by atoms with Crippen LogP contribution in [0.15, 0.2) is 52.9 Å². The largest absolute Gasteiger partial charge is 0.486 e. The molecule has 0 bridgehead atoms. The summed E-state index contributed by atoms with van der Waals surface area (Å²) in [7, 11) is 0. The Hall–Kier alpha value is -2.78. The number of aromatic nitrogens is 2. The minimum atomic E-state index is -0.321. The maximum Gasteiger partial charge on any atom is 0.237 e. The van der Waals surface area contributed by atoms with E-state index in [2.05, 4.69) is 20.8 Å². The average molecular weight is 429 g/mol. The number of thioether (sulfide) groups is 1. The molecule has 1 aliphatic heterocycles. The smallest absolute Gasteiger partial charge is 0.237 e. The molecule has 0 spiro atoms. The lowest BCUT2D eigenvalue weighted by Crippen LogP contribution is -2.22. The highest BCUT2D eigenvalue weighted by Crippen LogP contribution is 2.33. The lowest BCUT2D eigenvalue weighted by molar-refractivity contribution is -0.115. The third kappa shape index (κ3) is 5.18. The van der Waals surface area contributed by atoms with Gasteiger partial charge in [0.2, 0.25) is 11.0 Å². The van der Waals surface area contributed by atoms with E-state index in [4.69, 9.17) is 9.47 Å². The van der Waals surface area contributed by atoms with E-state index in [1.807, 2.05) is 37.3 Å². The highest BCUT2D eigenvalue weighted by Gasteiger charge is 2.19. The molecule has 1 aliphatic rings. The molecule has 1 aromatic heterocycles. The summed E-state index contributed by atoms with van der Waals surface area (Å²) in [5.74, 6) is 1.23. The highest BCUT2D eigenvalue weighted by molar-refractivity contribution is 8.02. The minimum absolute atomic E-state index is 0.110. The SMILES string of the molecule is C[C@@H](Sc1nnc(NCc2ccccc2)s1)C(=O)Nc1ccc2c(c1)OCCO2. The van der Waals surface area contributed by atoms with Gasteiger partial charge in [-0.25, -0.2) is 0 Å². The van der Waals surface area contributed by atoms with Crippen molar-refractivity contribution in [1.29, 1.82) is 0 Å². The molecule has 2 heterocycles. The summed E-state index contributed by atoms with van der Waals surface area (Å²) < 4.78 is 11.8. The first-order valence-electron chi connectivity index (χ1n) is 9.16. The number of anilines is 2. The highest BCUT2D eigenvalue weighted by atomic mass is 32.2. The topological polar surface area (TPSA) is 85.4 Å². The molecule has 3 aromatic rings. The molecule has 29 heavy (non-hydrogen) atoms. The second-order valence-electron chi connectivity index (χ2n) is 6.32. The molecule has 0 aliphatic carbocycles. The Morgan fingerprint density at radius 3 is 2.76 bits per heavy atom. The van der Waals surface area contributed by atoms with E-state index in [0.29, 0.717) is 36.9 Å². The van der Waals surface area contributed by atoms with Gasteiger partial charge in [0.1, 0.15) is 13.2 Å². The summed E-state index contributed by atoms with van der Waals surface area (Å²) in [5.41, 5.74) is 1.85. The van der Waals surface area contributed by atoms with Crippen LogP contribution in [-0.4, -0.2) is 34.6 Å². The minimum Gasteiger partial charge on any atom is -0.486 e. The van der Waals surface area contributed by atoms with E-state index in [0.717, 1.165) is 9.47 Å². The van der Waals surface area contributed by atoms with Crippen LogP contribution in [0.25, 0.3) is 0 Å². The number of nitrogens with one attached hydrogen (secondary N) is 2. The predicted octanol–water partition coefficient (Wildman–Crippen LogP) is 4.04. The first-order chi connectivity index (χ1) is 14.2. The number of carbonyl (C=O) groups is 1. The molecule has 4 rings (SSSR count). The van der Waals surface area contributed by atoms with E-state index < -0.39 is 0 Å². The molecule has 9 heteroatoms. The number of amides is 1. The lowest BCUT2D eigenvalue weighted by atomic mass is 10.2. The number of rotatable bonds is 7. The Labute approximate surface area is 176 Å². The Morgan fingerprint density at radius 1 is 1.14 bits per heavy atom.